The van der Waals surface area contributed by atoms with Crippen LogP contribution in [-0.2, 0) is 24.1 Å². The zero-order chi connectivity index (χ0) is 40.2. The number of ether oxygens (including phenoxy) is 2. The molecule has 5 aliphatic heterocycles. The Balaban J connectivity index is 1.13. The molecule has 0 aromatic heterocycles. The first-order valence-corrected chi connectivity index (χ1v) is 22.0. The second-order valence-electron chi connectivity index (χ2n) is 17.3. The Morgan fingerprint density at radius 2 is 1.83 bits per heavy atom. The van der Waals surface area contributed by atoms with Gasteiger partial charge in [-0.15, -0.1) is 0 Å². The molecule has 8 rings (SSSR count). The number of unbranched alkanes of at least 4 members (excludes halogenated alkanes) is 4. The lowest BCUT2D eigenvalue weighted by Gasteiger charge is -2.39. The maximum atomic E-state index is 13.8. The molecular weight excluding hydrogens is 725 g/mol. The number of ketones is 1. The number of aliphatic imine (C=N–C) groups is 1. The van der Waals surface area contributed by atoms with Gasteiger partial charge in [-0.3, -0.25) is 15.1 Å². The lowest BCUT2D eigenvalue weighted by Crippen LogP contribution is -2.47. The first-order valence-electron chi connectivity index (χ1n) is 22.0. The van der Waals surface area contributed by atoms with E-state index in [2.05, 4.69) is 54.1 Å². The highest BCUT2D eigenvalue weighted by Gasteiger charge is 2.48. The van der Waals surface area contributed by atoms with Gasteiger partial charge in [0, 0.05) is 43.3 Å². The van der Waals surface area contributed by atoms with Gasteiger partial charge in [-0.2, -0.15) is 0 Å². The third kappa shape index (κ3) is 8.25. The van der Waals surface area contributed by atoms with E-state index >= 15 is 0 Å². The highest BCUT2D eigenvalue weighted by atomic mass is 16.5. The number of nitrogens with two attached hydrogens (primary N) is 1. The highest BCUT2D eigenvalue weighted by Crippen LogP contribution is 2.49. The molecule has 1 aliphatic carbocycles. The zero-order valence-electron chi connectivity index (χ0n) is 34.3. The van der Waals surface area contributed by atoms with Gasteiger partial charge in [-0.25, -0.2) is 0 Å². The van der Waals surface area contributed by atoms with E-state index in [1.807, 2.05) is 36.5 Å². The van der Waals surface area contributed by atoms with Crippen LogP contribution in [0.2, 0.25) is 0 Å². The third-order valence-electron chi connectivity index (χ3n) is 13.5. The van der Waals surface area contributed by atoms with Crippen LogP contribution in [0, 0.1) is 41.1 Å². The minimum atomic E-state index is -1.02. The number of rotatable bonds is 13. The minimum Gasteiger partial charge on any atom is -0.465 e. The van der Waals surface area contributed by atoms with Crippen molar-refractivity contribution >= 4 is 11.5 Å². The summed E-state index contributed by atoms with van der Waals surface area (Å²) in [5.74, 6) is 11.0. The Bertz CT molecular complexity index is 2090. The molecule has 2 bridgehead atoms. The van der Waals surface area contributed by atoms with Crippen LogP contribution in [0.15, 0.2) is 58.9 Å². The van der Waals surface area contributed by atoms with Crippen LogP contribution in [0.25, 0.3) is 0 Å². The number of hydrogen-bond acceptors (Lipinski definition) is 9. The molecule has 0 radical (unpaired) electrons. The van der Waals surface area contributed by atoms with Gasteiger partial charge in [0.1, 0.15) is 18.0 Å². The zero-order valence-corrected chi connectivity index (χ0v) is 34.3. The van der Waals surface area contributed by atoms with E-state index in [9.17, 15) is 15.0 Å². The molecule has 6 aliphatic rings. The van der Waals surface area contributed by atoms with E-state index in [1.54, 1.807) is 0 Å². The Hall–Kier alpha value is -4.38. The number of nitrogens with zero attached hydrogens (tertiary/aromatic N) is 2. The van der Waals surface area contributed by atoms with Crippen molar-refractivity contribution in [2.24, 2.45) is 28.0 Å². The van der Waals surface area contributed by atoms with E-state index in [-0.39, 0.29) is 17.9 Å². The second kappa shape index (κ2) is 17.9. The van der Waals surface area contributed by atoms with Crippen LogP contribution < -0.4 is 20.5 Å². The van der Waals surface area contributed by atoms with E-state index in [1.165, 1.54) is 5.56 Å². The van der Waals surface area contributed by atoms with Crippen molar-refractivity contribution in [2.75, 3.05) is 13.1 Å². The molecule has 1 fully saturated rings. The largest absolute Gasteiger partial charge is 0.465 e. The van der Waals surface area contributed by atoms with Gasteiger partial charge in [-0.1, -0.05) is 101 Å². The fourth-order valence-electron chi connectivity index (χ4n) is 10.1. The number of hydrogen-bond donors (Lipinski definition) is 4. The summed E-state index contributed by atoms with van der Waals surface area (Å²) in [6.45, 7) is 5.65. The number of aliphatic hydroxyl groups excluding tert-OH is 2. The maximum absolute atomic E-state index is 13.8. The first-order chi connectivity index (χ1) is 28.3. The van der Waals surface area contributed by atoms with E-state index in [4.69, 9.17) is 20.2 Å². The molecule has 1 saturated carbocycles. The summed E-state index contributed by atoms with van der Waals surface area (Å²) in [6, 6.07) is 9.92. The van der Waals surface area contributed by atoms with Gasteiger partial charge in [-0.05, 0) is 84.0 Å². The van der Waals surface area contributed by atoms with E-state index in [0.29, 0.717) is 43.7 Å². The SMILES string of the molecule is CCCCC[C@@H](O)[C@@H](CCCCC)C(=O)CCc1ccc2c(c1)O[C@H]1[C@@H](C#C[C@H](O)c3ccc4c(c3CC3=CN=C5CN1C=C35)CCN[C@H]4N)C1(C#CO2)CCCC1. The molecule has 306 valence electrons. The molecule has 58 heavy (non-hydrogen) atoms. The molecule has 5 heterocycles. The van der Waals surface area contributed by atoms with Gasteiger partial charge in [0.25, 0.3) is 0 Å². The maximum Gasteiger partial charge on any atom is 0.187 e. The monoisotopic (exact) mass is 784 g/mol. The average molecular weight is 785 g/mol. The minimum absolute atomic E-state index is 0.129. The van der Waals surface area contributed by atoms with Crippen molar-refractivity contribution in [3.63, 3.8) is 0 Å². The predicted octanol–water partition coefficient (Wildman–Crippen LogP) is 7.49. The average Bonchev–Trinajstić information content (AvgIpc) is 3.97. The summed E-state index contributed by atoms with van der Waals surface area (Å²) >= 11 is 0. The van der Waals surface area contributed by atoms with Crippen molar-refractivity contribution in [3.8, 4) is 35.4 Å². The number of nitrogens with one attached hydrogen (secondary N) is 1. The van der Waals surface area contributed by atoms with Crippen molar-refractivity contribution in [3.05, 3.63) is 81.7 Å². The van der Waals surface area contributed by atoms with Crippen LogP contribution in [0.1, 0.15) is 137 Å². The Morgan fingerprint density at radius 1 is 1.03 bits per heavy atom. The molecular formula is C49H60N4O5. The quantitative estimate of drug-likeness (QED) is 0.122. The number of carbonyl (C=O) groups excluding carboxylic acids is 1. The molecule has 5 N–H and O–H groups in total. The molecule has 2 aromatic rings. The van der Waals surface area contributed by atoms with Crippen molar-refractivity contribution < 1.29 is 24.5 Å². The topological polar surface area (TPSA) is 130 Å². The summed E-state index contributed by atoms with van der Waals surface area (Å²) in [7, 11) is 0. The molecule has 1 spiro atoms. The molecule has 9 nitrogen and oxygen atoms in total. The second-order valence-corrected chi connectivity index (χ2v) is 17.3. The number of aryl methyl sites for hydroxylation is 1. The lowest BCUT2D eigenvalue weighted by atomic mass is 9.73. The van der Waals surface area contributed by atoms with Crippen molar-refractivity contribution in [2.45, 2.75) is 141 Å². The number of aliphatic hydroxyl groups is 2. The Kier molecular flexibility index (Phi) is 12.4. The molecule has 0 saturated heterocycles. The first kappa shape index (κ1) is 40.4. The van der Waals surface area contributed by atoms with Crippen LogP contribution in [0.3, 0.4) is 0 Å². The van der Waals surface area contributed by atoms with Crippen LogP contribution in [0.4, 0.5) is 0 Å². The van der Waals surface area contributed by atoms with E-state index in [0.717, 1.165) is 123 Å². The molecule has 9 heteroatoms. The Labute approximate surface area is 344 Å². The standard InChI is InChI=1S/C49H60N4O5/c1-3-5-7-11-37(42(54)12-8-6-4-2)44(56)18-13-32-14-20-45-46(27-32)58-48-40(49(24-26-57-45)22-9-10-23-49)17-19-43(55)35-15-16-36-34(21-25-51-47(36)50)38(35)28-33-29-52-41-31-53(48)30-39(33)41/h14-16,20,27,29-30,37,40,42-43,47-48,51,54-55H,3-13,18,21-23,25,28,31,50H2,1-2H3/t37-,40-,42-,43+,47-,48+/m1/s1. The number of allylic oxidation sites excluding steroid dienone is 1. The van der Waals surface area contributed by atoms with Crippen molar-refractivity contribution in [1.82, 2.24) is 10.2 Å². The number of Topliss-reactive ketones (excluding diaryl/α,β-unsaturated/α-hetero) is 1. The molecule has 0 unspecified atom stereocenters. The lowest BCUT2D eigenvalue weighted by molar-refractivity contribution is -0.126. The molecule has 2 aromatic carbocycles. The van der Waals surface area contributed by atoms with Crippen LogP contribution in [0.5, 0.6) is 11.5 Å². The predicted molar refractivity (Wildman–Crippen MR) is 227 cm³/mol. The summed E-state index contributed by atoms with van der Waals surface area (Å²) in [5, 5.41) is 26.5. The number of fused-ring (bicyclic) bond motifs is 8. The summed E-state index contributed by atoms with van der Waals surface area (Å²) in [6.07, 6.45) is 18.4. The summed E-state index contributed by atoms with van der Waals surface area (Å²) in [5.41, 5.74) is 14.3. The fraction of sp³-hybridized carbons (Fsp3) is 0.551. The van der Waals surface area contributed by atoms with Gasteiger partial charge in [0.05, 0.1) is 35.9 Å². The van der Waals surface area contributed by atoms with E-state index < -0.39 is 29.8 Å². The van der Waals surface area contributed by atoms with Crippen LogP contribution >= 0.6 is 0 Å². The van der Waals surface area contributed by atoms with Gasteiger partial charge >= 0.3 is 0 Å². The number of carbonyl (C=O) groups is 1. The van der Waals surface area contributed by atoms with Gasteiger partial charge in [0.2, 0.25) is 0 Å². The third-order valence-corrected chi connectivity index (χ3v) is 13.5. The number of benzene rings is 2. The summed E-state index contributed by atoms with van der Waals surface area (Å²) < 4.78 is 13.4. The smallest absolute Gasteiger partial charge is 0.187 e. The molecule has 0 amide bonds. The molecule has 6 atom stereocenters. The normalized spacial score (nSPS) is 24.6. The van der Waals surface area contributed by atoms with Crippen molar-refractivity contribution in [1.29, 1.82) is 0 Å². The summed E-state index contributed by atoms with van der Waals surface area (Å²) in [4.78, 5) is 20.9. The van der Waals surface area contributed by atoms with Gasteiger partial charge < -0.3 is 30.3 Å². The fourth-order valence-corrected chi connectivity index (χ4v) is 10.1. The van der Waals surface area contributed by atoms with Crippen LogP contribution in [-0.4, -0.2) is 52.0 Å². The Morgan fingerprint density at radius 3 is 2.64 bits per heavy atom. The highest BCUT2D eigenvalue weighted by molar-refractivity contribution is 6.09. The van der Waals surface area contributed by atoms with Gasteiger partial charge in [0.15, 0.2) is 17.7 Å².